The number of para-hydroxylation sites is 1. The third kappa shape index (κ3) is 5.11. The highest BCUT2D eigenvalue weighted by Crippen LogP contribution is 2.42. The van der Waals surface area contributed by atoms with Crippen LogP contribution in [0.2, 0.25) is 0 Å². The summed E-state index contributed by atoms with van der Waals surface area (Å²) in [6.07, 6.45) is 3.04. The van der Waals surface area contributed by atoms with E-state index < -0.39 is 33.0 Å². The zero-order valence-corrected chi connectivity index (χ0v) is 20.0. The van der Waals surface area contributed by atoms with E-state index in [4.69, 9.17) is 4.74 Å². The molecule has 1 aliphatic rings. The lowest BCUT2D eigenvalue weighted by Gasteiger charge is -2.41. The molecule has 1 amide bonds. The molecule has 0 aliphatic carbocycles. The Morgan fingerprint density at radius 2 is 1.88 bits per heavy atom. The van der Waals surface area contributed by atoms with Crippen LogP contribution in [0.1, 0.15) is 50.3 Å². The Morgan fingerprint density at radius 3 is 2.48 bits per heavy atom. The van der Waals surface area contributed by atoms with Gasteiger partial charge in [-0.3, -0.25) is 19.2 Å². The average Bonchev–Trinajstić information content (AvgIpc) is 2.76. The molecule has 1 unspecified atom stereocenters. The number of ether oxygens (including phenoxy) is 1. The maximum absolute atomic E-state index is 13.1. The number of fused-ring (bicyclic) bond motifs is 1. The fraction of sp³-hybridized carbons (Fsp3) is 0.435. The standard InChI is InChI=1S/C23H29N3O6S/c1-5-23(6-2)14-18(17-10-7-8-13-21(17)32-23)24-22(27)15-25(33(4,30)31)19-11-9-12-20(16(19)3)26(28)29/h7-13,18H,5-6,14-15H2,1-4H3,(H,24,27). The Balaban J connectivity index is 1.91. The lowest BCUT2D eigenvalue weighted by molar-refractivity contribution is -0.385. The highest BCUT2D eigenvalue weighted by molar-refractivity contribution is 7.92. The molecule has 0 radical (unpaired) electrons. The average molecular weight is 476 g/mol. The summed E-state index contributed by atoms with van der Waals surface area (Å²) in [5, 5.41) is 14.3. The van der Waals surface area contributed by atoms with Gasteiger partial charge in [0.25, 0.3) is 5.69 Å². The molecule has 0 saturated heterocycles. The molecule has 0 spiro atoms. The van der Waals surface area contributed by atoms with Crippen LogP contribution in [0.3, 0.4) is 0 Å². The van der Waals surface area contributed by atoms with Gasteiger partial charge in [-0.2, -0.15) is 0 Å². The Bertz CT molecular complexity index is 1160. The van der Waals surface area contributed by atoms with E-state index in [9.17, 15) is 23.3 Å². The smallest absolute Gasteiger partial charge is 0.274 e. The molecule has 2 aromatic rings. The van der Waals surface area contributed by atoms with E-state index in [0.717, 1.165) is 29.0 Å². The minimum atomic E-state index is -3.89. The number of nitrogens with one attached hydrogen (secondary N) is 1. The van der Waals surface area contributed by atoms with E-state index in [-0.39, 0.29) is 23.0 Å². The van der Waals surface area contributed by atoms with Gasteiger partial charge in [0, 0.05) is 18.1 Å². The van der Waals surface area contributed by atoms with Crippen LogP contribution in [-0.4, -0.2) is 37.6 Å². The van der Waals surface area contributed by atoms with Crippen molar-refractivity contribution in [1.82, 2.24) is 5.32 Å². The molecular formula is C23H29N3O6S. The Morgan fingerprint density at radius 1 is 1.21 bits per heavy atom. The molecule has 33 heavy (non-hydrogen) atoms. The normalized spacial score (nSPS) is 16.9. The second-order valence-corrected chi connectivity index (χ2v) is 10.2. The number of anilines is 1. The molecular weight excluding hydrogens is 446 g/mol. The summed E-state index contributed by atoms with van der Waals surface area (Å²) in [4.78, 5) is 23.8. The van der Waals surface area contributed by atoms with Crippen LogP contribution in [0.5, 0.6) is 5.75 Å². The second-order valence-electron chi connectivity index (χ2n) is 8.30. The van der Waals surface area contributed by atoms with Crippen LogP contribution < -0.4 is 14.4 Å². The summed E-state index contributed by atoms with van der Waals surface area (Å²) in [6, 6.07) is 11.3. The number of benzene rings is 2. The lowest BCUT2D eigenvalue weighted by Crippen LogP contribution is -2.47. The molecule has 9 nitrogen and oxygen atoms in total. The largest absolute Gasteiger partial charge is 0.487 e. The highest BCUT2D eigenvalue weighted by atomic mass is 32.2. The number of amides is 1. The third-order valence-electron chi connectivity index (χ3n) is 6.25. The van der Waals surface area contributed by atoms with Crippen LogP contribution >= 0.6 is 0 Å². The zero-order valence-electron chi connectivity index (χ0n) is 19.2. The Hall–Kier alpha value is -3.14. The summed E-state index contributed by atoms with van der Waals surface area (Å²) in [7, 11) is -3.89. The van der Waals surface area contributed by atoms with Gasteiger partial charge in [0.05, 0.1) is 28.5 Å². The van der Waals surface area contributed by atoms with E-state index in [1.54, 1.807) is 0 Å². The Labute approximate surface area is 193 Å². The molecule has 3 rings (SSSR count). The molecule has 1 N–H and O–H groups in total. The number of carbonyl (C=O) groups is 1. The van der Waals surface area contributed by atoms with Gasteiger partial charge in [0.2, 0.25) is 15.9 Å². The SMILES string of the molecule is CCC1(CC)CC(NC(=O)CN(c2cccc([N+](=O)[O-])c2C)S(C)(=O)=O)c2ccccc2O1. The number of rotatable bonds is 8. The van der Waals surface area contributed by atoms with Gasteiger partial charge in [-0.05, 0) is 31.9 Å². The summed E-state index contributed by atoms with van der Waals surface area (Å²) >= 11 is 0. The van der Waals surface area contributed by atoms with Gasteiger partial charge in [-0.25, -0.2) is 8.42 Å². The molecule has 2 aromatic carbocycles. The molecule has 10 heteroatoms. The van der Waals surface area contributed by atoms with Gasteiger partial charge in [-0.15, -0.1) is 0 Å². The molecule has 1 heterocycles. The van der Waals surface area contributed by atoms with Crippen molar-refractivity contribution < 1.29 is 22.9 Å². The van der Waals surface area contributed by atoms with Crippen LogP contribution in [0.4, 0.5) is 11.4 Å². The van der Waals surface area contributed by atoms with Gasteiger partial charge in [-0.1, -0.05) is 38.1 Å². The Kier molecular flexibility index (Phi) is 6.97. The first-order chi connectivity index (χ1) is 15.5. The molecule has 0 bridgehead atoms. The number of hydrogen-bond acceptors (Lipinski definition) is 6. The predicted octanol–water partition coefficient (Wildman–Crippen LogP) is 3.87. The van der Waals surface area contributed by atoms with E-state index in [0.29, 0.717) is 12.2 Å². The summed E-state index contributed by atoms with van der Waals surface area (Å²) in [5.41, 5.74) is 0.467. The summed E-state index contributed by atoms with van der Waals surface area (Å²) in [5.74, 6) is 0.196. The van der Waals surface area contributed by atoms with Crippen molar-refractivity contribution in [3.8, 4) is 5.75 Å². The van der Waals surface area contributed by atoms with Crippen LogP contribution in [-0.2, 0) is 14.8 Å². The molecule has 1 aliphatic heterocycles. The fourth-order valence-electron chi connectivity index (χ4n) is 4.26. The van der Waals surface area contributed by atoms with Crippen molar-refractivity contribution in [2.24, 2.45) is 0 Å². The topological polar surface area (TPSA) is 119 Å². The molecule has 1 atom stereocenters. The maximum Gasteiger partial charge on any atom is 0.274 e. The number of nitro benzene ring substituents is 1. The number of nitrogens with zero attached hydrogens (tertiary/aromatic N) is 2. The maximum atomic E-state index is 13.1. The molecule has 0 saturated carbocycles. The first-order valence-electron chi connectivity index (χ1n) is 10.8. The zero-order chi connectivity index (χ0) is 24.4. The van der Waals surface area contributed by atoms with Crippen molar-refractivity contribution in [3.05, 3.63) is 63.7 Å². The van der Waals surface area contributed by atoms with E-state index in [1.165, 1.54) is 25.1 Å². The van der Waals surface area contributed by atoms with Gasteiger partial charge in [0.1, 0.15) is 17.9 Å². The number of hydrogen-bond donors (Lipinski definition) is 1. The highest BCUT2D eigenvalue weighted by Gasteiger charge is 2.39. The van der Waals surface area contributed by atoms with Crippen molar-refractivity contribution in [1.29, 1.82) is 0 Å². The molecule has 0 aromatic heterocycles. The number of nitro groups is 1. The van der Waals surface area contributed by atoms with Gasteiger partial charge >= 0.3 is 0 Å². The van der Waals surface area contributed by atoms with Crippen molar-refractivity contribution >= 4 is 27.3 Å². The van der Waals surface area contributed by atoms with Crippen molar-refractivity contribution in [2.75, 3.05) is 17.1 Å². The lowest BCUT2D eigenvalue weighted by atomic mass is 9.83. The van der Waals surface area contributed by atoms with E-state index in [2.05, 4.69) is 5.32 Å². The van der Waals surface area contributed by atoms with Gasteiger partial charge < -0.3 is 10.1 Å². The van der Waals surface area contributed by atoms with E-state index in [1.807, 2.05) is 38.1 Å². The fourth-order valence-corrected chi connectivity index (χ4v) is 5.17. The summed E-state index contributed by atoms with van der Waals surface area (Å²) < 4.78 is 32.3. The van der Waals surface area contributed by atoms with Crippen LogP contribution in [0, 0.1) is 17.0 Å². The van der Waals surface area contributed by atoms with Crippen molar-refractivity contribution in [3.63, 3.8) is 0 Å². The quantitative estimate of drug-likeness (QED) is 0.457. The van der Waals surface area contributed by atoms with Gasteiger partial charge in [0.15, 0.2) is 0 Å². The first-order valence-corrected chi connectivity index (χ1v) is 12.6. The third-order valence-corrected chi connectivity index (χ3v) is 7.38. The van der Waals surface area contributed by atoms with Crippen LogP contribution in [0.15, 0.2) is 42.5 Å². The predicted molar refractivity (Wildman–Crippen MR) is 126 cm³/mol. The monoisotopic (exact) mass is 475 g/mol. The minimum absolute atomic E-state index is 0.102. The minimum Gasteiger partial charge on any atom is -0.487 e. The number of carbonyl (C=O) groups excluding carboxylic acids is 1. The second kappa shape index (κ2) is 9.38. The molecule has 178 valence electrons. The first kappa shape index (κ1) is 24.5. The summed E-state index contributed by atoms with van der Waals surface area (Å²) in [6.45, 7) is 5.04. The molecule has 0 fully saturated rings. The van der Waals surface area contributed by atoms with Crippen molar-refractivity contribution in [2.45, 2.75) is 51.7 Å². The number of sulfonamides is 1. The van der Waals surface area contributed by atoms with Crippen LogP contribution in [0.25, 0.3) is 0 Å². The van der Waals surface area contributed by atoms with E-state index >= 15 is 0 Å².